The Balaban J connectivity index is 2.08. The van der Waals surface area contributed by atoms with Crippen molar-refractivity contribution in [3.8, 4) is 0 Å². The van der Waals surface area contributed by atoms with Gasteiger partial charge in [0, 0.05) is 17.3 Å². The average Bonchev–Trinajstić information content (AvgIpc) is 2.53. The van der Waals surface area contributed by atoms with Crippen molar-refractivity contribution in [1.82, 2.24) is 4.98 Å². The molecule has 0 atom stereocenters. The van der Waals surface area contributed by atoms with Crippen molar-refractivity contribution in [2.75, 3.05) is 11.6 Å². The van der Waals surface area contributed by atoms with Crippen molar-refractivity contribution in [2.24, 2.45) is 0 Å². The predicted octanol–water partition coefficient (Wildman–Crippen LogP) is 4.01. The van der Waals surface area contributed by atoms with Gasteiger partial charge in [0.05, 0.1) is 15.2 Å². The Hall–Kier alpha value is -2.07. The molecular formula is C17H17F3N2O3S2. The maximum atomic E-state index is 12.5. The summed E-state index contributed by atoms with van der Waals surface area (Å²) in [5.74, 6) is -0.443. The predicted molar refractivity (Wildman–Crippen MR) is 97.4 cm³/mol. The molecule has 0 saturated heterocycles. The second-order valence-electron chi connectivity index (χ2n) is 6.24. The first-order valence-corrected chi connectivity index (χ1v) is 10.3. The summed E-state index contributed by atoms with van der Waals surface area (Å²) in [6.07, 6.45) is -2.74. The van der Waals surface area contributed by atoms with Gasteiger partial charge in [-0.1, -0.05) is 0 Å². The van der Waals surface area contributed by atoms with Crippen LogP contribution in [0.4, 0.5) is 19.0 Å². The molecule has 0 unspecified atom stereocenters. The SMILES string of the molecule is CC(C)(Sc1ccc(S(C)(=O)=O)cc1)C(=O)Nc1ccc(C(F)(F)F)cn1. The maximum absolute atomic E-state index is 12.5. The van der Waals surface area contributed by atoms with Gasteiger partial charge in [-0.25, -0.2) is 13.4 Å². The minimum Gasteiger partial charge on any atom is -0.309 e. The number of anilines is 1. The van der Waals surface area contributed by atoms with Crippen molar-refractivity contribution >= 4 is 33.3 Å². The first-order valence-electron chi connectivity index (χ1n) is 7.63. The first kappa shape index (κ1) is 21.2. The minimum absolute atomic E-state index is 0.00843. The lowest BCUT2D eigenvalue weighted by molar-refractivity contribution is -0.137. The number of carbonyl (C=O) groups excluding carboxylic acids is 1. The second kappa shape index (κ2) is 7.51. The Morgan fingerprint density at radius 3 is 2.11 bits per heavy atom. The highest BCUT2D eigenvalue weighted by molar-refractivity contribution is 8.01. The van der Waals surface area contributed by atoms with Crippen molar-refractivity contribution in [1.29, 1.82) is 0 Å². The third-order valence-corrected chi connectivity index (χ3v) is 5.84. The third kappa shape index (κ3) is 5.70. The van der Waals surface area contributed by atoms with Crippen molar-refractivity contribution in [2.45, 2.75) is 34.6 Å². The van der Waals surface area contributed by atoms with Crippen LogP contribution in [0.5, 0.6) is 0 Å². The van der Waals surface area contributed by atoms with E-state index in [1.807, 2.05) is 0 Å². The van der Waals surface area contributed by atoms with Crippen LogP contribution >= 0.6 is 11.8 Å². The van der Waals surface area contributed by atoms with Gasteiger partial charge in [-0.2, -0.15) is 13.2 Å². The van der Waals surface area contributed by atoms with Gasteiger partial charge in [-0.05, 0) is 50.2 Å². The molecule has 0 fully saturated rings. The molecule has 0 aliphatic rings. The molecular weight excluding hydrogens is 401 g/mol. The van der Waals surface area contributed by atoms with E-state index >= 15 is 0 Å². The number of aromatic nitrogens is 1. The number of sulfone groups is 1. The molecule has 2 rings (SSSR count). The van der Waals surface area contributed by atoms with E-state index in [2.05, 4.69) is 10.3 Å². The van der Waals surface area contributed by atoms with Crippen LogP contribution in [0.25, 0.3) is 0 Å². The van der Waals surface area contributed by atoms with Gasteiger partial charge in [0.1, 0.15) is 5.82 Å². The fourth-order valence-corrected chi connectivity index (χ4v) is 3.63. The van der Waals surface area contributed by atoms with Crippen molar-refractivity contribution < 1.29 is 26.4 Å². The number of benzene rings is 1. The lowest BCUT2D eigenvalue weighted by Crippen LogP contribution is -2.34. The quantitative estimate of drug-likeness (QED) is 0.743. The zero-order chi connectivity index (χ0) is 20.5. The molecule has 0 spiro atoms. The molecule has 27 heavy (non-hydrogen) atoms. The van der Waals surface area contributed by atoms with Crippen LogP contribution in [0, 0.1) is 0 Å². The van der Waals surface area contributed by atoms with Crippen molar-refractivity contribution in [3.05, 3.63) is 48.2 Å². The third-order valence-electron chi connectivity index (χ3n) is 3.50. The highest BCUT2D eigenvalue weighted by Gasteiger charge is 2.32. The number of carbonyl (C=O) groups is 1. The molecule has 1 N–H and O–H groups in total. The smallest absolute Gasteiger partial charge is 0.309 e. The van der Waals surface area contributed by atoms with Crippen LogP contribution in [-0.4, -0.2) is 30.3 Å². The number of nitrogens with zero attached hydrogens (tertiary/aromatic N) is 1. The first-order chi connectivity index (χ1) is 12.3. The topological polar surface area (TPSA) is 76.1 Å². The van der Waals surface area contributed by atoms with E-state index in [0.717, 1.165) is 18.4 Å². The molecule has 0 saturated carbocycles. The summed E-state index contributed by atoms with van der Waals surface area (Å²) in [5.41, 5.74) is -0.903. The molecule has 10 heteroatoms. The molecule has 0 aliphatic heterocycles. The molecule has 5 nitrogen and oxygen atoms in total. The van der Waals surface area contributed by atoms with Gasteiger partial charge >= 0.3 is 6.18 Å². The Bertz CT molecular complexity index is 923. The number of thioether (sulfide) groups is 1. The summed E-state index contributed by atoms with van der Waals surface area (Å²) in [5, 5.41) is 2.48. The summed E-state index contributed by atoms with van der Waals surface area (Å²) in [6, 6.07) is 8.00. The van der Waals surface area contributed by atoms with E-state index < -0.39 is 32.2 Å². The van der Waals surface area contributed by atoms with Crippen LogP contribution < -0.4 is 5.32 Å². The van der Waals surface area contributed by atoms with E-state index in [0.29, 0.717) is 11.1 Å². The van der Waals surface area contributed by atoms with Gasteiger partial charge in [-0.3, -0.25) is 4.79 Å². The highest BCUT2D eigenvalue weighted by atomic mass is 32.2. The fraction of sp³-hybridized carbons (Fsp3) is 0.294. The van der Waals surface area contributed by atoms with Gasteiger partial charge < -0.3 is 5.32 Å². The van der Waals surface area contributed by atoms with Gasteiger partial charge in [0.25, 0.3) is 0 Å². The van der Waals surface area contributed by atoms with E-state index in [4.69, 9.17) is 0 Å². The largest absolute Gasteiger partial charge is 0.417 e. The van der Waals surface area contributed by atoms with Crippen LogP contribution in [0.1, 0.15) is 19.4 Å². The number of pyridine rings is 1. The zero-order valence-electron chi connectivity index (χ0n) is 14.7. The van der Waals surface area contributed by atoms with Crippen molar-refractivity contribution in [3.63, 3.8) is 0 Å². The molecule has 1 aromatic carbocycles. The number of rotatable bonds is 5. The Morgan fingerprint density at radius 2 is 1.67 bits per heavy atom. The Labute approximate surface area is 159 Å². The normalized spacial score (nSPS) is 12.7. The number of nitrogens with one attached hydrogen (secondary N) is 1. The zero-order valence-corrected chi connectivity index (χ0v) is 16.3. The molecule has 0 bridgehead atoms. The lowest BCUT2D eigenvalue weighted by Gasteiger charge is -2.23. The van der Waals surface area contributed by atoms with Gasteiger partial charge in [-0.15, -0.1) is 11.8 Å². The van der Waals surface area contributed by atoms with Crippen LogP contribution in [-0.2, 0) is 20.8 Å². The summed E-state index contributed by atoms with van der Waals surface area (Å²) >= 11 is 1.19. The lowest BCUT2D eigenvalue weighted by atomic mass is 10.2. The standard InChI is InChI=1S/C17H17F3N2O3S2/c1-16(2,26-12-5-7-13(8-6-12)27(3,24)25)15(23)22-14-9-4-11(10-21-14)17(18,19)20/h4-10H,1-3H3,(H,21,22,23). The number of alkyl halides is 3. The molecule has 2 aromatic rings. The average molecular weight is 418 g/mol. The summed E-state index contributed by atoms with van der Waals surface area (Å²) in [4.78, 5) is 16.9. The monoisotopic (exact) mass is 418 g/mol. The fourth-order valence-electron chi connectivity index (χ4n) is 2.00. The van der Waals surface area contributed by atoms with E-state index in [1.54, 1.807) is 26.0 Å². The molecule has 1 heterocycles. The molecule has 0 aliphatic carbocycles. The number of hydrogen-bond acceptors (Lipinski definition) is 5. The van der Waals surface area contributed by atoms with Crippen LogP contribution in [0.2, 0.25) is 0 Å². The van der Waals surface area contributed by atoms with Gasteiger partial charge in [0.15, 0.2) is 9.84 Å². The summed E-state index contributed by atoms with van der Waals surface area (Å²) in [6.45, 7) is 3.28. The number of amides is 1. The van der Waals surface area contributed by atoms with Crippen LogP contribution in [0.15, 0.2) is 52.4 Å². The highest BCUT2D eigenvalue weighted by Crippen LogP contribution is 2.34. The summed E-state index contributed by atoms with van der Waals surface area (Å²) in [7, 11) is -3.31. The van der Waals surface area contributed by atoms with E-state index in [1.165, 1.54) is 23.9 Å². The Morgan fingerprint density at radius 1 is 1.07 bits per heavy atom. The van der Waals surface area contributed by atoms with Crippen LogP contribution in [0.3, 0.4) is 0 Å². The second-order valence-corrected chi connectivity index (χ2v) is 9.95. The summed E-state index contributed by atoms with van der Waals surface area (Å²) < 4.78 is 59.6. The van der Waals surface area contributed by atoms with Gasteiger partial charge in [0.2, 0.25) is 5.91 Å². The number of halogens is 3. The van der Waals surface area contributed by atoms with E-state index in [9.17, 15) is 26.4 Å². The molecule has 1 aromatic heterocycles. The molecule has 146 valence electrons. The van der Waals surface area contributed by atoms with E-state index in [-0.39, 0.29) is 10.7 Å². The maximum Gasteiger partial charge on any atom is 0.417 e. The molecule has 1 amide bonds. The molecule has 0 radical (unpaired) electrons. The number of hydrogen-bond donors (Lipinski definition) is 1. The Kier molecular flexibility index (Phi) is 5.91. The minimum atomic E-state index is -4.50.